The van der Waals surface area contributed by atoms with Gasteiger partial charge in [-0.15, -0.1) is 0 Å². The van der Waals surface area contributed by atoms with Crippen molar-refractivity contribution in [1.82, 2.24) is 5.43 Å². The smallest absolute Gasteiger partial charge is 0.271 e. The summed E-state index contributed by atoms with van der Waals surface area (Å²) in [7, 11) is 0. The number of hydrazone groups is 2. The van der Waals surface area contributed by atoms with Crippen molar-refractivity contribution < 1.29 is 4.79 Å². The third kappa shape index (κ3) is 7.87. The van der Waals surface area contributed by atoms with Gasteiger partial charge in [0.05, 0.1) is 28.2 Å². The standard InChI is InChI=1S/C25H20Cl2N4O/c26-22(15-19-7-3-1-4-8-19)17-28-30-24-13-11-21(12-14-24)25(32)31-29-18-23(27)16-20-9-5-2-6-10-20/h1-18,30H,(H,31,32)/b22-15-,23-16-,28-17-,29-18-. The van der Waals surface area contributed by atoms with Crippen LogP contribution in [0.3, 0.4) is 0 Å². The van der Waals surface area contributed by atoms with E-state index in [0.29, 0.717) is 21.3 Å². The molecule has 3 rings (SSSR count). The van der Waals surface area contributed by atoms with E-state index in [1.165, 1.54) is 12.4 Å². The van der Waals surface area contributed by atoms with Crippen LogP contribution in [-0.4, -0.2) is 18.3 Å². The first-order chi connectivity index (χ1) is 15.6. The van der Waals surface area contributed by atoms with Gasteiger partial charge in [0.2, 0.25) is 0 Å². The number of hydrogen-bond donors (Lipinski definition) is 2. The molecule has 0 radical (unpaired) electrons. The fourth-order valence-corrected chi connectivity index (χ4v) is 2.92. The quantitative estimate of drug-likeness (QED) is 0.302. The molecule has 3 aromatic carbocycles. The summed E-state index contributed by atoms with van der Waals surface area (Å²) in [5.41, 5.74) is 8.39. The second-order valence-corrected chi connectivity index (χ2v) is 7.40. The van der Waals surface area contributed by atoms with E-state index in [1.807, 2.05) is 66.7 Å². The number of nitrogens with one attached hydrogen (secondary N) is 2. The normalized spacial score (nSPS) is 12.3. The third-order valence-corrected chi connectivity index (χ3v) is 4.50. The average molecular weight is 463 g/mol. The van der Waals surface area contributed by atoms with E-state index in [2.05, 4.69) is 21.1 Å². The first-order valence-corrected chi connectivity index (χ1v) is 10.4. The first kappa shape index (κ1) is 23.0. The minimum absolute atomic E-state index is 0.352. The molecule has 0 aliphatic carbocycles. The summed E-state index contributed by atoms with van der Waals surface area (Å²) in [6.07, 6.45) is 6.45. The second kappa shape index (κ2) is 12.2. The molecule has 5 nitrogen and oxygen atoms in total. The Labute approximate surface area is 196 Å². The molecule has 32 heavy (non-hydrogen) atoms. The van der Waals surface area contributed by atoms with E-state index in [0.717, 1.165) is 11.1 Å². The summed E-state index contributed by atoms with van der Waals surface area (Å²) in [5.74, 6) is -0.352. The van der Waals surface area contributed by atoms with Gasteiger partial charge in [-0.1, -0.05) is 83.9 Å². The topological polar surface area (TPSA) is 65.8 Å². The van der Waals surface area contributed by atoms with E-state index < -0.39 is 0 Å². The Bertz CT molecular complexity index is 1140. The highest BCUT2D eigenvalue weighted by Crippen LogP contribution is 2.12. The lowest BCUT2D eigenvalue weighted by molar-refractivity contribution is 0.0955. The lowest BCUT2D eigenvalue weighted by atomic mass is 10.2. The van der Waals surface area contributed by atoms with Gasteiger partial charge in [0.25, 0.3) is 5.91 Å². The van der Waals surface area contributed by atoms with Crippen LogP contribution >= 0.6 is 23.2 Å². The lowest BCUT2D eigenvalue weighted by Gasteiger charge is -2.03. The number of amides is 1. The van der Waals surface area contributed by atoms with Gasteiger partial charge in [0.1, 0.15) is 0 Å². The van der Waals surface area contributed by atoms with Crippen molar-refractivity contribution in [2.75, 3.05) is 5.43 Å². The molecule has 0 atom stereocenters. The highest BCUT2D eigenvalue weighted by Gasteiger charge is 2.03. The first-order valence-electron chi connectivity index (χ1n) is 9.67. The number of carbonyl (C=O) groups is 1. The van der Waals surface area contributed by atoms with Gasteiger partial charge in [-0.25, -0.2) is 5.43 Å². The van der Waals surface area contributed by atoms with Gasteiger partial charge in [0.15, 0.2) is 0 Å². The number of rotatable bonds is 8. The Morgan fingerprint density at radius 1 is 0.688 bits per heavy atom. The summed E-state index contributed by atoms with van der Waals surface area (Å²) in [4.78, 5) is 12.2. The Kier molecular flexibility index (Phi) is 8.80. The number of carbonyl (C=O) groups excluding carboxylic acids is 1. The molecule has 7 heteroatoms. The van der Waals surface area contributed by atoms with E-state index in [-0.39, 0.29) is 5.91 Å². The van der Waals surface area contributed by atoms with Crippen molar-refractivity contribution in [2.24, 2.45) is 10.2 Å². The molecule has 0 unspecified atom stereocenters. The van der Waals surface area contributed by atoms with Crippen LogP contribution in [0.15, 0.2) is 105 Å². The Morgan fingerprint density at radius 3 is 1.72 bits per heavy atom. The zero-order valence-corrected chi connectivity index (χ0v) is 18.5. The van der Waals surface area contributed by atoms with E-state index in [1.54, 1.807) is 30.3 Å². The second-order valence-electron chi connectivity index (χ2n) is 6.53. The van der Waals surface area contributed by atoms with Crippen LogP contribution in [-0.2, 0) is 0 Å². The highest BCUT2D eigenvalue weighted by molar-refractivity contribution is 6.41. The van der Waals surface area contributed by atoms with Crippen LogP contribution in [0.5, 0.6) is 0 Å². The molecule has 0 spiro atoms. The zero-order chi connectivity index (χ0) is 22.6. The van der Waals surface area contributed by atoms with Gasteiger partial charge >= 0.3 is 0 Å². The number of hydrogen-bond acceptors (Lipinski definition) is 4. The number of nitrogens with zero attached hydrogens (tertiary/aromatic N) is 2. The van der Waals surface area contributed by atoms with E-state index in [4.69, 9.17) is 23.2 Å². The van der Waals surface area contributed by atoms with Gasteiger partial charge < -0.3 is 0 Å². The summed E-state index contributed by atoms with van der Waals surface area (Å²) in [6.45, 7) is 0. The molecule has 160 valence electrons. The molecule has 0 aliphatic rings. The molecule has 1 amide bonds. The molecule has 0 saturated carbocycles. The van der Waals surface area contributed by atoms with Crippen molar-refractivity contribution in [3.05, 3.63) is 112 Å². The van der Waals surface area contributed by atoms with Gasteiger partial charge in [-0.05, 0) is 47.5 Å². The summed E-state index contributed by atoms with van der Waals surface area (Å²) < 4.78 is 0. The monoisotopic (exact) mass is 462 g/mol. The predicted molar refractivity (Wildman–Crippen MR) is 135 cm³/mol. The molecular formula is C25H20Cl2N4O. The maximum atomic E-state index is 12.2. The SMILES string of the molecule is O=C(N/N=C\C(Cl)=C\c1ccccc1)c1ccc(N/N=C\C(Cl)=C\c2ccccc2)cc1. The molecule has 3 aromatic rings. The Morgan fingerprint density at radius 2 is 1.19 bits per heavy atom. The molecule has 0 saturated heterocycles. The van der Waals surface area contributed by atoms with Gasteiger partial charge in [0, 0.05) is 5.56 Å². The minimum atomic E-state index is -0.352. The van der Waals surface area contributed by atoms with Gasteiger partial charge in [-0.3, -0.25) is 10.2 Å². The molecule has 0 heterocycles. The Balaban J connectivity index is 1.49. The fourth-order valence-electron chi connectivity index (χ4n) is 2.57. The maximum absolute atomic E-state index is 12.2. The third-order valence-electron chi connectivity index (χ3n) is 4.09. The maximum Gasteiger partial charge on any atom is 0.271 e. The minimum Gasteiger partial charge on any atom is -0.278 e. The Hall–Kier alpha value is -3.67. The van der Waals surface area contributed by atoms with Crippen LogP contribution < -0.4 is 10.9 Å². The zero-order valence-electron chi connectivity index (χ0n) is 17.0. The van der Waals surface area contributed by atoms with E-state index >= 15 is 0 Å². The molecule has 0 bridgehead atoms. The molecule has 0 aromatic heterocycles. The lowest BCUT2D eigenvalue weighted by Crippen LogP contribution is -2.17. The molecule has 2 N–H and O–H groups in total. The summed E-state index contributed by atoms with van der Waals surface area (Å²) in [6, 6.07) is 26.1. The van der Waals surface area contributed by atoms with Crippen molar-refractivity contribution in [1.29, 1.82) is 0 Å². The number of halogens is 2. The molecule has 0 fully saturated rings. The highest BCUT2D eigenvalue weighted by atomic mass is 35.5. The van der Waals surface area contributed by atoms with Crippen LogP contribution in [0.2, 0.25) is 0 Å². The predicted octanol–water partition coefficient (Wildman–Crippen LogP) is 6.36. The summed E-state index contributed by atoms with van der Waals surface area (Å²) in [5, 5.41) is 8.86. The fraction of sp³-hybridized carbons (Fsp3) is 0. The van der Waals surface area contributed by atoms with Crippen LogP contribution in [0.25, 0.3) is 12.2 Å². The van der Waals surface area contributed by atoms with Crippen molar-refractivity contribution in [3.63, 3.8) is 0 Å². The van der Waals surface area contributed by atoms with Gasteiger partial charge in [-0.2, -0.15) is 10.2 Å². The van der Waals surface area contributed by atoms with E-state index in [9.17, 15) is 4.79 Å². The van der Waals surface area contributed by atoms with Crippen molar-refractivity contribution in [3.8, 4) is 0 Å². The summed E-state index contributed by atoms with van der Waals surface area (Å²) >= 11 is 12.3. The van der Waals surface area contributed by atoms with Crippen LogP contribution in [0, 0.1) is 0 Å². The molecule has 0 aliphatic heterocycles. The molecular weight excluding hydrogens is 443 g/mol. The van der Waals surface area contributed by atoms with Crippen LogP contribution in [0.1, 0.15) is 21.5 Å². The van der Waals surface area contributed by atoms with Crippen molar-refractivity contribution >= 4 is 59.4 Å². The number of allylic oxidation sites excluding steroid dienone is 2. The van der Waals surface area contributed by atoms with Crippen molar-refractivity contribution in [2.45, 2.75) is 0 Å². The number of anilines is 1. The average Bonchev–Trinajstić information content (AvgIpc) is 2.81. The largest absolute Gasteiger partial charge is 0.278 e. The van der Waals surface area contributed by atoms with Crippen LogP contribution in [0.4, 0.5) is 5.69 Å². The number of benzene rings is 3.